The van der Waals surface area contributed by atoms with E-state index in [1.165, 1.54) is 11.8 Å². The van der Waals surface area contributed by atoms with Crippen LogP contribution in [0.25, 0.3) is 11.3 Å². The number of nitrogens with zero attached hydrogens (tertiary/aromatic N) is 3. The highest BCUT2D eigenvalue weighted by Gasteiger charge is 2.07. The molecule has 0 aliphatic carbocycles. The van der Waals surface area contributed by atoms with Crippen molar-refractivity contribution >= 4 is 46.5 Å². The molecule has 0 atom stereocenters. The van der Waals surface area contributed by atoms with Crippen LogP contribution in [0.3, 0.4) is 0 Å². The molecule has 4 nitrogen and oxygen atoms in total. The largest absolute Gasteiger partial charge is 0.338 e. The second kappa shape index (κ2) is 7.38. The molecule has 1 N–H and O–H groups in total. The molecule has 0 aliphatic rings. The van der Waals surface area contributed by atoms with E-state index in [9.17, 15) is 0 Å². The van der Waals surface area contributed by atoms with Crippen molar-refractivity contribution in [2.75, 3.05) is 11.6 Å². The molecular formula is C17H14Cl2N4S. The summed E-state index contributed by atoms with van der Waals surface area (Å²) in [7, 11) is 0. The molecule has 2 heterocycles. The van der Waals surface area contributed by atoms with Crippen LogP contribution >= 0.6 is 35.0 Å². The first-order chi connectivity index (χ1) is 11.5. The second-order valence-electron chi connectivity index (χ2n) is 5.16. The van der Waals surface area contributed by atoms with Gasteiger partial charge in [-0.25, -0.2) is 15.0 Å². The number of pyridine rings is 1. The molecule has 2 aromatic heterocycles. The van der Waals surface area contributed by atoms with Crippen molar-refractivity contribution in [3.63, 3.8) is 0 Å². The summed E-state index contributed by atoms with van der Waals surface area (Å²) < 4.78 is 0. The van der Waals surface area contributed by atoms with Gasteiger partial charge in [0.05, 0.1) is 23.8 Å². The third-order valence-electron chi connectivity index (χ3n) is 3.21. The van der Waals surface area contributed by atoms with Crippen molar-refractivity contribution in [1.29, 1.82) is 0 Å². The van der Waals surface area contributed by atoms with E-state index in [0.29, 0.717) is 15.9 Å². The Kier molecular flexibility index (Phi) is 5.23. The SMILES string of the molecule is CSc1ncc(Nc2cc(C)cc(-c3cc(Cl)cc(Cl)c3)n2)cn1. The first-order valence-corrected chi connectivity index (χ1v) is 9.10. The Labute approximate surface area is 154 Å². The standard InChI is InChI=1S/C17H14Cl2N4S/c1-10-3-15(11-5-12(18)7-13(19)6-11)23-16(4-10)22-14-8-20-17(24-2)21-9-14/h3-9H,1-2H3,(H,22,23). The normalized spacial score (nSPS) is 10.7. The van der Waals surface area contributed by atoms with Gasteiger partial charge in [0.1, 0.15) is 5.82 Å². The Morgan fingerprint density at radius 2 is 1.62 bits per heavy atom. The van der Waals surface area contributed by atoms with Gasteiger partial charge in [0.15, 0.2) is 5.16 Å². The smallest absolute Gasteiger partial charge is 0.187 e. The van der Waals surface area contributed by atoms with E-state index in [4.69, 9.17) is 23.2 Å². The van der Waals surface area contributed by atoms with Crippen LogP contribution in [0.15, 0.2) is 47.9 Å². The number of aromatic nitrogens is 3. The van der Waals surface area contributed by atoms with Crippen LogP contribution in [-0.4, -0.2) is 21.2 Å². The Balaban J connectivity index is 1.93. The van der Waals surface area contributed by atoms with Crippen LogP contribution in [-0.2, 0) is 0 Å². The topological polar surface area (TPSA) is 50.7 Å². The zero-order chi connectivity index (χ0) is 17.1. The van der Waals surface area contributed by atoms with Crippen LogP contribution in [0, 0.1) is 6.92 Å². The lowest BCUT2D eigenvalue weighted by molar-refractivity contribution is 0.972. The Morgan fingerprint density at radius 1 is 0.958 bits per heavy atom. The fraction of sp³-hybridized carbons (Fsp3) is 0.118. The highest BCUT2D eigenvalue weighted by Crippen LogP contribution is 2.28. The number of anilines is 2. The van der Waals surface area contributed by atoms with Gasteiger partial charge in [-0.15, -0.1) is 0 Å². The molecule has 0 amide bonds. The predicted molar refractivity (Wildman–Crippen MR) is 102 cm³/mol. The summed E-state index contributed by atoms with van der Waals surface area (Å²) in [6, 6.07) is 9.33. The maximum Gasteiger partial charge on any atom is 0.187 e. The maximum atomic E-state index is 6.09. The molecule has 0 fully saturated rings. The monoisotopic (exact) mass is 376 g/mol. The molecule has 7 heteroatoms. The number of benzene rings is 1. The lowest BCUT2D eigenvalue weighted by atomic mass is 10.1. The number of hydrogen-bond acceptors (Lipinski definition) is 5. The molecule has 0 radical (unpaired) electrons. The van der Waals surface area contributed by atoms with Gasteiger partial charge in [0, 0.05) is 15.6 Å². The minimum atomic E-state index is 0.580. The van der Waals surface area contributed by atoms with Gasteiger partial charge >= 0.3 is 0 Å². The quantitative estimate of drug-likeness (QED) is 0.472. The maximum absolute atomic E-state index is 6.09. The van der Waals surface area contributed by atoms with Crippen LogP contribution in [0.2, 0.25) is 10.0 Å². The summed E-state index contributed by atoms with van der Waals surface area (Å²) in [5, 5.41) is 5.11. The van der Waals surface area contributed by atoms with E-state index >= 15 is 0 Å². The average molecular weight is 377 g/mol. The van der Waals surface area contributed by atoms with Crippen LogP contribution < -0.4 is 5.32 Å². The summed E-state index contributed by atoms with van der Waals surface area (Å²) in [6.45, 7) is 2.01. The van der Waals surface area contributed by atoms with Crippen molar-refractivity contribution in [2.24, 2.45) is 0 Å². The number of nitrogens with one attached hydrogen (secondary N) is 1. The minimum Gasteiger partial charge on any atom is -0.338 e. The van der Waals surface area contributed by atoms with E-state index in [1.54, 1.807) is 18.5 Å². The van der Waals surface area contributed by atoms with Crippen molar-refractivity contribution < 1.29 is 0 Å². The van der Waals surface area contributed by atoms with Crippen molar-refractivity contribution in [3.8, 4) is 11.3 Å². The second-order valence-corrected chi connectivity index (χ2v) is 6.80. The van der Waals surface area contributed by atoms with Gasteiger partial charge in [0.25, 0.3) is 0 Å². The third-order valence-corrected chi connectivity index (χ3v) is 4.22. The van der Waals surface area contributed by atoms with Gasteiger partial charge in [-0.2, -0.15) is 0 Å². The minimum absolute atomic E-state index is 0.580. The molecule has 0 unspecified atom stereocenters. The molecule has 3 aromatic rings. The number of hydrogen-bond donors (Lipinski definition) is 1. The van der Waals surface area contributed by atoms with Gasteiger partial charge < -0.3 is 5.32 Å². The molecule has 3 rings (SSSR count). The molecule has 24 heavy (non-hydrogen) atoms. The fourth-order valence-corrected chi connectivity index (χ4v) is 3.06. The molecular weight excluding hydrogens is 363 g/mol. The fourth-order valence-electron chi connectivity index (χ4n) is 2.21. The van der Waals surface area contributed by atoms with Gasteiger partial charge in [-0.3, -0.25) is 0 Å². The first-order valence-electron chi connectivity index (χ1n) is 7.12. The zero-order valence-electron chi connectivity index (χ0n) is 13.0. The Bertz CT molecular complexity index is 849. The number of aryl methyl sites for hydroxylation is 1. The van der Waals surface area contributed by atoms with Crippen LogP contribution in [0.5, 0.6) is 0 Å². The predicted octanol–water partition coefficient (Wildman–Crippen LogP) is 5.62. The van der Waals surface area contributed by atoms with Gasteiger partial charge in [0.2, 0.25) is 0 Å². The zero-order valence-corrected chi connectivity index (χ0v) is 15.4. The van der Waals surface area contributed by atoms with Crippen LogP contribution in [0.4, 0.5) is 11.5 Å². The molecule has 1 aromatic carbocycles. The molecule has 122 valence electrons. The van der Waals surface area contributed by atoms with E-state index in [1.807, 2.05) is 37.4 Å². The summed E-state index contributed by atoms with van der Waals surface area (Å²) >= 11 is 13.7. The molecule has 0 bridgehead atoms. The molecule has 0 saturated heterocycles. The third kappa shape index (κ3) is 4.17. The summed E-state index contributed by atoms with van der Waals surface area (Å²) in [5.41, 5.74) is 3.51. The van der Waals surface area contributed by atoms with Crippen molar-refractivity contribution in [1.82, 2.24) is 15.0 Å². The van der Waals surface area contributed by atoms with E-state index < -0.39 is 0 Å². The number of rotatable bonds is 4. The lowest BCUT2D eigenvalue weighted by Crippen LogP contribution is -1.98. The van der Waals surface area contributed by atoms with Gasteiger partial charge in [-0.1, -0.05) is 35.0 Å². The van der Waals surface area contributed by atoms with Crippen molar-refractivity contribution in [2.45, 2.75) is 12.1 Å². The number of thioether (sulfide) groups is 1. The summed E-state index contributed by atoms with van der Waals surface area (Å²) in [4.78, 5) is 13.1. The van der Waals surface area contributed by atoms with Crippen LogP contribution in [0.1, 0.15) is 5.56 Å². The summed E-state index contributed by atoms with van der Waals surface area (Å²) in [5.74, 6) is 0.710. The number of halogens is 2. The highest BCUT2D eigenvalue weighted by atomic mass is 35.5. The van der Waals surface area contributed by atoms with Crippen molar-refractivity contribution in [3.05, 3.63) is 58.3 Å². The Hall–Kier alpha value is -1.82. The Morgan fingerprint density at radius 3 is 2.25 bits per heavy atom. The molecule has 0 spiro atoms. The molecule has 0 aliphatic heterocycles. The highest BCUT2D eigenvalue weighted by molar-refractivity contribution is 7.98. The summed E-state index contributed by atoms with van der Waals surface area (Å²) in [6.07, 6.45) is 5.41. The van der Waals surface area contributed by atoms with E-state index in [0.717, 1.165) is 27.7 Å². The van der Waals surface area contributed by atoms with E-state index in [2.05, 4.69) is 20.3 Å². The lowest BCUT2D eigenvalue weighted by Gasteiger charge is -2.10. The van der Waals surface area contributed by atoms with E-state index in [-0.39, 0.29) is 0 Å². The average Bonchev–Trinajstić information content (AvgIpc) is 2.54. The molecule has 0 saturated carbocycles. The van der Waals surface area contributed by atoms with Gasteiger partial charge in [-0.05, 0) is 49.1 Å². The first kappa shape index (κ1) is 17.0.